The minimum atomic E-state index is -0.306. The van der Waals surface area contributed by atoms with Crippen molar-refractivity contribution >= 4 is 17.3 Å². The average molecular weight is 364 g/mol. The topological polar surface area (TPSA) is 50.2 Å². The molecule has 5 nitrogen and oxygen atoms in total. The number of hydrogen-bond acceptors (Lipinski definition) is 3. The maximum absolute atomic E-state index is 13.1. The number of halogens is 1. The highest BCUT2D eigenvalue weighted by molar-refractivity contribution is 6.06. The van der Waals surface area contributed by atoms with Crippen LogP contribution in [0.2, 0.25) is 0 Å². The average Bonchev–Trinajstić information content (AvgIpc) is 3.33. The van der Waals surface area contributed by atoms with Gasteiger partial charge < -0.3 is 10.2 Å². The van der Waals surface area contributed by atoms with Crippen molar-refractivity contribution in [3.05, 3.63) is 71.8 Å². The van der Waals surface area contributed by atoms with Crippen LogP contribution in [0.15, 0.2) is 54.7 Å². The minimum Gasteiger partial charge on any atom is -0.370 e. The van der Waals surface area contributed by atoms with Gasteiger partial charge in [-0.25, -0.2) is 9.07 Å². The summed E-state index contributed by atoms with van der Waals surface area (Å²) in [5.41, 5.74) is 3.77. The highest BCUT2D eigenvalue weighted by atomic mass is 19.1. The fourth-order valence-corrected chi connectivity index (χ4v) is 3.48. The molecular formula is C21H21FN4O. The lowest BCUT2D eigenvalue weighted by molar-refractivity contribution is 0.102. The summed E-state index contributed by atoms with van der Waals surface area (Å²) >= 11 is 0. The predicted molar refractivity (Wildman–Crippen MR) is 104 cm³/mol. The van der Waals surface area contributed by atoms with Crippen LogP contribution in [0, 0.1) is 12.7 Å². The molecule has 1 N–H and O–H groups in total. The SMILES string of the molecule is Cc1c(C(=O)Nc2ccccc2N2CCCC2)cnn1-c1ccc(F)cc1. The Balaban J connectivity index is 1.59. The van der Waals surface area contributed by atoms with Gasteiger partial charge in [0, 0.05) is 13.1 Å². The van der Waals surface area contributed by atoms with Gasteiger partial charge in [0.15, 0.2) is 0 Å². The predicted octanol–water partition coefficient (Wildman–Crippen LogP) is 4.17. The Labute approximate surface area is 157 Å². The molecule has 4 rings (SSSR count). The lowest BCUT2D eigenvalue weighted by atomic mass is 10.2. The zero-order chi connectivity index (χ0) is 18.8. The minimum absolute atomic E-state index is 0.201. The molecule has 27 heavy (non-hydrogen) atoms. The summed E-state index contributed by atoms with van der Waals surface area (Å²) in [6.45, 7) is 3.85. The summed E-state index contributed by atoms with van der Waals surface area (Å²) in [7, 11) is 0. The molecule has 138 valence electrons. The molecule has 1 aliphatic heterocycles. The smallest absolute Gasteiger partial charge is 0.259 e. The van der Waals surface area contributed by atoms with E-state index in [0.29, 0.717) is 16.9 Å². The number of benzene rings is 2. The first-order valence-electron chi connectivity index (χ1n) is 9.09. The van der Waals surface area contributed by atoms with E-state index in [1.807, 2.05) is 31.2 Å². The molecular weight excluding hydrogens is 343 g/mol. The molecule has 0 saturated carbocycles. The summed E-state index contributed by atoms with van der Waals surface area (Å²) < 4.78 is 14.8. The lowest BCUT2D eigenvalue weighted by Gasteiger charge is -2.21. The molecule has 6 heteroatoms. The third-order valence-corrected chi connectivity index (χ3v) is 4.92. The van der Waals surface area contributed by atoms with E-state index in [0.717, 1.165) is 24.5 Å². The van der Waals surface area contributed by atoms with Crippen LogP contribution >= 0.6 is 0 Å². The zero-order valence-corrected chi connectivity index (χ0v) is 15.2. The van der Waals surface area contributed by atoms with Gasteiger partial charge in [0.1, 0.15) is 5.82 Å². The van der Waals surface area contributed by atoms with Gasteiger partial charge in [0.25, 0.3) is 5.91 Å². The first-order valence-corrected chi connectivity index (χ1v) is 9.09. The van der Waals surface area contributed by atoms with Crippen molar-refractivity contribution in [1.82, 2.24) is 9.78 Å². The number of rotatable bonds is 4. The molecule has 1 saturated heterocycles. The molecule has 1 aliphatic rings. The van der Waals surface area contributed by atoms with Crippen molar-refractivity contribution in [2.24, 2.45) is 0 Å². The fourth-order valence-electron chi connectivity index (χ4n) is 3.48. The third-order valence-electron chi connectivity index (χ3n) is 4.92. The Kier molecular flexibility index (Phi) is 4.62. The highest BCUT2D eigenvalue weighted by Gasteiger charge is 2.19. The molecule has 0 unspecified atom stereocenters. The number of hydrogen-bond donors (Lipinski definition) is 1. The molecule has 2 heterocycles. The van der Waals surface area contributed by atoms with Crippen molar-refractivity contribution in [3.63, 3.8) is 0 Å². The van der Waals surface area contributed by atoms with E-state index in [1.165, 1.54) is 25.0 Å². The number of carbonyl (C=O) groups excluding carboxylic acids is 1. The number of carbonyl (C=O) groups is 1. The Hall–Kier alpha value is -3.15. The summed E-state index contributed by atoms with van der Waals surface area (Å²) in [4.78, 5) is 15.2. The van der Waals surface area contributed by atoms with Crippen LogP contribution in [-0.2, 0) is 0 Å². The molecule has 1 aromatic heterocycles. The monoisotopic (exact) mass is 364 g/mol. The zero-order valence-electron chi connectivity index (χ0n) is 15.2. The van der Waals surface area contributed by atoms with E-state index in [-0.39, 0.29) is 11.7 Å². The van der Waals surface area contributed by atoms with Crippen LogP contribution in [0.5, 0.6) is 0 Å². The van der Waals surface area contributed by atoms with E-state index in [2.05, 4.69) is 15.3 Å². The molecule has 0 atom stereocenters. The van der Waals surface area contributed by atoms with Gasteiger partial charge in [-0.3, -0.25) is 4.79 Å². The summed E-state index contributed by atoms with van der Waals surface area (Å²) in [6, 6.07) is 13.9. The lowest BCUT2D eigenvalue weighted by Crippen LogP contribution is -2.21. The number of amides is 1. The maximum atomic E-state index is 13.1. The van der Waals surface area contributed by atoms with Gasteiger partial charge in [-0.05, 0) is 56.2 Å². The van der Waals surface area contributed by atoms with Gasteiger partial charge in [-0.2, -0.15) is 5.10 Å². The van der Waals surface area contributed by atoms with Gasteiger partial charge in [-0.1, -0.05) is 12.1 Å². The fraction of sp³-hybridized carbons (Fsp3) is 0.238. The number of para-hydroxylation sites is 2. The van der Waals surface area contributed by atoms with E-state index < -0.39 is 0 Å². The van der Waals surface area contributed by atoms with E-state index >= 15 is 0 Å². The van der Waals surface area contributed by atoms with Gasteiger partial charge >= 0.3 is 0 Å². The van der Waals surface area contributed by atoms with Crippen LogP contribution in [0.25, 0.3) is 5.69 Å². The van der Waals surface area contributed by atoms with Crippen molar-refractivity contribution < 1.29 is 9.18 Å². The largest absolute Gasteiger partial charge is 0.370 e. The third kappa shape index (κ3) is 3.43. The molecule has 1 amide bonds. The van der Waals surface area contributed by atoms with Gasteiger partial charge in [-0.15, -0.1) is 0 Å². The van der Waals surface area contributed by atoms with Crippen LogP contribution in [-0.4, -0.2) is 28.8 Å². The summed E-state index contributed by atoms with van der Waals surface area (Å²) in [5.74, 6) is -0.507. The second-order valence-electron chi connectivity index (χ2n) is 6.70. The Morgan fingerprint density at radius 3 is 2.52 bits per heavy atom. The van der Waals surface area contributed by atoms with Crippen molar-refractivity contribution in [2.45, 2.75) is 19.8 Å². The Morgan fingerprint density at radius 1 is 1.07 bits per heavy atom. The van der Waals surface area contributed by atoms with Crippen molar-refractivity contribution in [1.29, 1.82) is 0 Å². The van der Waals surface area contributed by atoms with E-state index in [1.54, 1.807) is 23.0 Å². The maximum Gasteiger partial charge on any atom is 0.259 e. The van der Waals surface area contributed by atoms with Crippen LogP contribution in [0.4, 0.5) is 15.8 Å². The molecule has 2 aromatic carbocycles. The van der Waals surface area contributed by atoms with Crippen LogP contribution in [0.1, 0.15) is 28.9 Å². The number of anilines is 2. The number of nitrogens with one attached hydrogen (secondary N) is 1. The van der Waals surface area contributed by atoms with E-state index in [4.69, 9.17) is 0 Å². The number of aromatic nitrogens is 2. The molecule has 0 aliphatic carbocycles. The van der Waals surface area contributed by atoms with Gasteiger partial charge in [0.05, 0.1) is 34.5 Å². The first-order chi connectivity index (χ1) is 13.1. The summed E-state index contributed by atoms with van der Waals surface area (Å²) in [6.07, 6.45) is 3.89. The van der Waals surface area contributed by atoms with Crippen LogP contribution < -0.4 is 10.2 Å². The molecule has 0 spiro atoms. The Morgan fingerprint density at radius 2 is 1.78 bits per heavy atom. The molecule has 0 radical (unpaired) electrons. The Bertz CT molecular complexity index is 959. The molecule has 0 bridgehead atoms. The normalized spacial score (nSPS) is 13.8. The molecule has 3 aromatic rings. The van der Waals surface area contributed by atoms with Crippen LogP contribution in [0.3, 0.4) is 0 Å². The highest BCUT2D eigenvalue weighted by Crippen LogP contribution is 2.29. The van der Waals surface area contributed by atoms with Crippen molar-refractivity contribution in [3.8, 4) is 5.69 Å². The van der Waals surface area contributed by atoms with E-state index in [9.17, 15) is 9.18 Å². The summed E-state index contributed by atoms with van der Waals surface area (Å²) in [5, 5.41) is 7.33. The molecule has 1 fully saturated rings. The van der Waals surface area contributed by atoms with Crippen molar-refractivity contribution in [2.75, 3.05) is 23.3 Å². The quantitative estimate of drug-likeness (QED) is 0.756. The first kappa shape index (κ1) is 17.3. The second-order valence-corrected chi connectivity index (χ2v) is 6.70. The standard InChI is InChI=1S/C21H21FN4O/c1-15-18(14-23-26(15)17-10-8-16(22)9-11-17)21(27)24-19-6-2-3-7-20(19)25-12-4-5-13-25/h2-3,6-11,14H,4-5,12-13H2,1H3,(H,24,27). The van der Waals surface area contributed by atoms with Gasteiger partial charge in [0.2, 0.25) is 0 Å². The number of nitrogens with zero attached hydrogens (tertiary/aromatic N) is 3. The second kappa shape index (κ2) is 7.23.